The Morgan fingerprint density at radius 2 is 2.13 bits per heavy atom. The monoisotopic (exact) mass is 361 g/mol. The van der Waals surface area contributed by atoms with Crippen molar-refractivity contribution < 1.29 is 71.5 Å². The van der Waals surface area contributed by atoms with E-state index in [1.165, 1.54) is 0 Å². The topological polar surface area (TPSA) is 158 Å². The Balaban J connectivity index is 0.00000484. The number of aliphatic hydroxyl groups is 2. The number of aliphatic imine (C=N–C) groups is 1. The maximum Gasteiger partial charge on any atom is 1.00 e. The first kappa shape index (κ1) is 22.7. The fourth-order valence-corrected chi connectivity index (χ4v) is 2.45. The minimum Gasteiger partial charge on any atom is -0.862 e. The van der Waals surface area contributed by atoms with E-state index in [1.807, 2.05) is 0 Å². The summed E-state index contributed by atoms with van der Waals surface area (Å²) in [5.41, 5.74) is 0. The first-order valence-corrected chi connectivity index (χ1v) is 7.42. The normalized spacial score (nSPS) is 32.0. The van der Waals surface area contributed by atoms with Crippen molar-refractivity contribution in [3.05, 3.63) is 0 Å². The van der Waals surface area contributed by atoms with Crippen LogP contribution in [0, 0.1) is 12.3 Å². The van der Waals surface area contributed by atoms with Crippen LogP contribution in [0.2, 0.25) is 0 Å². The van der Waals surface area contributed by atoms with Crippen molar-refractivity contribution in [1.29, 1.82) is 0 Å². The van der Waals surface area contributed by atoms with Gasteiger partial charge in [-0.3, -0.25) is 9.55 Å². The standard InChI is InChI=1S/C11H17NO9S.Na/c1-3-4-19-11-8(12-6(2)14)9(15)10(7(5-13)20-11)21-22(16,17)18;/h1,7-11,13,15H,4-5H2,2H3,(H,12,14)(H,16,17,18);/q;+1/p-1/t7-,8-,9-,10+,11-;/m1./s1. The van der Waals surface area contributed by atoms with Gasteiger partial charge in [-0.25, -0.2) is 4.18 Å². The predicted molar refractivity (Wildman–Crippen MR) is 69.9 cm³/mol. The van der Waals surface area contributed by atoms with Gasteiger partial charge in [-0.05, 0) is 12.8 Å². The maximum absolute atomic E-state index is 11.1. The molecule has 10 nitrogen and oxygen atoms in total. The van der Waals surface area contributed by atoms with Gasteiger partial charge in [0.25, 0.3) is 0 Å². The fraction of sp³-hybridized carbons (Fsp3) is 0.727. The molecule has 0 unspecified atom stereocenters. The zero-order chi connectivity index (χ0) is 16.9. The number of terminal acetylenes is 1. The quantitative estimate of drug-likeness (QED) is 0.138. The van der Waals surface area contributed by atoms with Crippen molar-refractivity contribution in [1.82, 2.24) is 0 Å². The van der Waals surface area contributed by atoms with Gasteiger partial charge in [0.2, 0.25) is 0 Å². The van der Waals surface area contributed by atoms with E-state index in [1.54, 1.807) is 0 Å². The Morgan fingerprint density at radius 3 is 2.57 bits per heavy atom. The largest absolute Gasteiger partial charge is 1.00 e. The summed E-state index contributed by atoms with van der Waals surface area (Å²) in [4.78, 5) is 3.56. The molecule has 0 bridgehead atoms. The van der Waals surface area contributed by atoms with Gasteiger partial charge >= 0.3 is 40.0 Å². The van der Waals surface area contributed by atoms with Crippen molar-refractivity contribution in [2.75, 3.05) is 13.2 Å². The fourth-order valence-electron chi connectivity index (χ4n) is 1.93. The molecule has 0 spiro atoms. The molecule has 12 heteroatoms. The van der Waals surface area contributed by atoms with Gasteiger partial charge in [0.05, 0.1) is 6.61 Å². The Labute approximate surface area is 155 Å². The molecule has 0 aromatic heterocycles. The second kappa shape index (κ2) is 9.90. The van der Waals surface area contributed by atoms with Crippen molar-refractivity contribution in [2.45, 2.75) is 37.6 Å². The second-order valence-electron chi connectivity index (χ2n) is 4.36. The van der Waals surface area contributed by atoms with Crippen LogP contribution in [0.1, 0.15) is 6.92 Å². The Hall–Kier alpha value is -0.260. The number of rotatable bonds is 6. The summed E-state index contributed by atoms with van der Waals surface area (Å²) in [5.74, 6) is 1.46. The molecule has 1 aliphatic rings. The third-order valence-electron chi connectivity index (χ3n) is 2.72. The van der Waals surface area contributed by atoms with Gasteiger partial charge in [0.1, 0.15) is 31.0 Å². The first-order valence-electron chi connectivity index (χ1n) is 6.06. The van der Waals surface area contributed by atoms with E-state index in [2.05, 4.69) is 15.1 Å². The van der Waals surface area contributed by atoms with Crippen LogP contribution < -0.4 is 34.7 Å². The molecule has 1 fully saturated rings. The Morgan fingerprint density at radius 1 is 1.52 bits per heavy atom. The molecule has 0 saturated carbocycles. The van der Waals surface area contributed by atoms with E-state index in [9.17, 15) is 23.7 Å². The number of ether oxygens (including phenoxy) is 2. The van der Waals surface area contributed by atoms with Crippen LogP contribution in [-0.2, 0) is 24.1 Å². The van der Waals surface area contributed by atoms with Gasteiger partial charge in [0.15, 0.2) is 6.29 Å². The van der Waals surface area contributed by atoms with Crippen molar-refractivity contribution in [3.8, 4) is 12.3 Å². The van der Waals surface area contributed by atoms with E-state index < -0.39 is 53.5 Å². The van der Waals surface area contributed by atoms with Gasteiger partial charge in [-0.2, -0.15) is 8.42 Å². The summed E-state index contributed by atoms with van der Waals surface area (Å²) >= 11 is 0. The summed E-state index contributed by atoms with van der Waals surface area (Å²) in [6.45, 7) is 0.116. The molecule has 5 atom stereocenters. The van der Waals surface area contributed by atoms with E-state index >= 15 is 0 Å². The smallest absolute Gasteiger partial charge is 0.862 e. The minimum atomic E-state index is -4.94. The average molecular weight is 361 g/mol. The van der Waals surface area contributed by atoms with Crippen molar-refractivity contribution >= 4 is 16.3 Å². The zero-order valence-electron chi connectivity index (χ0n) is 12.5. The summed E-state index contributed by atoms with van der Waals surface area (Å²) in [5, 5.41) is 30.5. The van der Waals surface area contributed by atoms with Gasteiger partial charge in [-0.1, -0.05) is 5.92 Å². The van der Waals surface area contributed by atoms with Gasteiger partial charge < -0.3 is 24.8 Å². The summed E-state index contributed by atoms with van der Waals surface area (Å²) in [7, 11) is -4.94. The van der Waals surface area contributed by atoms with Crippen LogP contribution in [0.4, 0.5) is 0 Å². The third-order valence-corrected chi connectivity index (χ3v) is 3.18. The molecule has 23 heavy (non-hydrogen) atoms. The Kier molecular flexibility index (Phi) is 9.78. The zero-order valence-corrected chi connectivity index (χ0v) is 15.3. The maximum atomic E-state index is 11.1. The molecule has 0 aliphatic carbocycles. The molecular weight excluding hydrogens is 345 g/mol. The van der Waals surface area contributed by atoms with Crippen LogP contribution in [0.25, 0.3) is 0 Å². The van der Waals surface area contributed by atoms with E-state index in [4.69, 9.17) is 20.4 Å². The number of hydrogen-bond donors (Lipinski definition) is 3. The van der Waals surface area contributed by atoms with Crippen LogP contribution in [0.5, 0.6) is 0 Å². The molecule has 0 radical (unpaired) electrons. The molecule has 0 aromatic rings. The van der Waals surface area contributed by atoms with Crippen molar-refractivity contribution in [3.63, 3.8) is 0 Å². The molecule has 1 saturated heterocycles. The third kappa shape index (κ3) is 7.02. The second-order valence-corrected chi connectivity index (χ2v) is 5.41. The molecule has 3 N–H and O–H groups in total. The minimum absolute atomic E-state index is 0. The van der Waals surface area contributed by atoms with Crippen LogP contribution in [-0.4, -0.2) is 72.9 Å². The molecule has 1 rings (SSSR count). The summed E-state index contributed by atoms with van der Waals surface area (Å²) in [6, 6.07) is -1.35. The predicted octanol–water partition coefficient (Wildman–Crippen LogP) is -5.95. The number of nitrogens with zero attached hydrogens (tertiary/aromatic N) is 1. The summed E-state index contributed by atoms with van der Waals surface area (Å²) < 4.78 is 44.9. The number of aliphatic hydroxyl groups excluding tert-OH is 2. The first-order chi connectivity index (χ1) is 10.2. The number of hydrogen-bond acceptors (Lipinski definition) is 9. The van der Waals surface area contributed by atoms with Crippen molar-refractivity contribution in [2.24, 2.45) is 4.99 Å². The SMILES string of the molecule is C#CCO[C@@H]1O[C@H](CO)[C@H](OS(=O)(=O)O)[C@H](O)[C@H]1N=C(C)[O-].[Na+]. The molecule has 126 valence electrons. The van der Waals surface area contributed by atoms with Gasteiger partial charge in [-0.15, -0.1) is 6.42 Å². The molecule has 0 aromatic carbocycles. The molecule has 1 heterocycles. The average Bonchev–Trinajstić information content (AvgIpc) is 2.40. The molecular formula is C11H16NNaO9S. The Bertz CT molecular complexity index is 542. The van der Waals surface area contributed by atoms with Crippen LogP contribution in [0.3, 0.4) is 0 Å². The molecule has 1 aliphatic heterocycles. The van der Waals surface area contributed by atoms with Crippen LogP contribution in [0.15, 0.2) is 4.99 Å². The summed E-state index contributed by atoms with van der Waals surface area (Å²) in [6.07, 6.45) is -1.01. The van der Waals surface area contributed by atoms with Crippen LogP contribution >= 0.6 is 0 Å². The van der Waals surface area contributed by atoms with E-state index in [0.717, 1.165) is 6.92 Å². The molecule has 0 amide bonds. The van der Waals surface area contributed by atoms with E-state index in [-0.39, 0.29) is 36.2 Å². The van der Waals surface area contributed by atoms with E-state index in [0.29, 0.717) is 0 Å². The van der Waals surface area contributed by atoms with Gasteiger partial charge in [0, 0.05) is 0 Å².